The Morgan fingerprint density at radius 1 is 1.26 bits per heavy atom. The Bertz CT molecular complexity index is 587. The van der Waals surface area contributed by atoms with Gasteiger partial charge >= 0.3 is 0 Å². The first-order valence-corrected chi connectivity index (χ1v) is 7.52. The summed E-state index contributed by atoms with van der Waals surface area (Å²) in [5.41, 5.74) is 1.97. The van der Waals surface area contributed by atoms with Crippen molar-refractivity contribution in [2.75, 3.05) is 5.32 Å². The van der Waals surface area contributed by atoms with Crippen molar-refractivity contribution in [1.29, 1.82) is 0 Å². The van der Waals surface area contributed by atoms with E-state index in [1.54, 1.807) is 0 Å². The SMILES string of the molecule is O[C@@H]1CCCC[C@H]1Nc1cccc2cc(Br)cnc12. The molecule has 0 amide bonds. The Morgan fingerprint density at radius 2 is 2.11 bits per heavy atom. The molecule has 4 heteroatoms. The number of aliphatic hydroxyl groups is 1. The molecule has 0 spiro atoms. The number of nitrogens with zero attached hydrogens (tertiary/aromatic N) is 1. The maximum Gasteiger partial charge on any atom is 0.0934 e. The molecule has 19 heavy (non-hydrogen) atoms. The van der Waals surface area contributed by atoms with E-state index in [2.05, 4.69) is 38.4 Å². The van der Waals surface area contributed by atoms with E-state index in [0.717, 1.165) is 40.3 Å². The van der Waals surface area contributed by atoms with Crippen LogP contribution in [0.15, 0.2) is 34.9 Å². The van der Waals surface area contributed by atoms with Gasteiger partial charge < -0.3 is 10.4 Å². The van der Waals surface area contributed by atoms with Crippen molar-refractivity contribution in [2.45, 2.75) is 37.8 Å². The zero-order valence-electron chi connectivity index (χ0n) is 10.6. The predicted molar refractivity (Wildman–Crippen MR) is 81.3 cm³/mol. The van der Waals surface area contributed by atoms with E-state index in [-0.39, 0.29) is 12.1 Å². The summed E-state index contributed by atoms with van der Waals surface area (Å²) in [5, 5.41) is 14.6. The van der Waals surface area contributed by atoms with Crippen molar-refractivity contribution in [3.63, 3.8) is 0 Å². The van der Waals surface area contributed by atoms with Crippen LogP contribution in [-0.4, -0.2) is 22.2 Å². The Kier molecular flexibility index (Phi) is 3.71. The first-order valence-electron chi connectivity index (χ1n) is 6.73. The summed E-state index contributed by atoms with van der Waals surface area (Å²) in [6, 6.07) is 8.31. The Morgan fingerprint density at radius 3 is 2.95 bits per heavy atom. The van der Waals surface area contributed by atoms with Crippen LogP contribution in [0, 0.1) is 0 Å². The highest BCUT2D eigenvalue weighted by Crippen LogP contribution is 2.27. The molecule has 1 fully saturated rings. The van der Waals surface area contributed by atoms with Gasteiger partial charge in [0.15, 0.2) is 0 Å². The highest BCUT2D eigenvalue weighted by molar-refractivity contribution is 9.10. The lowest BCUT2D eigenvalue weighted by Crippen LogP contribution is -2.36. The van der Waals surface area contributed by atoms with E-state index < -0.39 is 0 Å². The van der Waals surface area contributed by atoms with Crippen molar-refractivity contribution in [1.82, 2.24) is 4.98 Å². The van der Waals surface area contributed by atoms with Gasteiger partial charge in [-0.15, -0.1) is 0 Å². The third-order valence-electron chi connectivity index (χ3n) is 3.75. The number of aromatic nitrogens is 1. The van der Waals surface area contributed by atoms with Gasteiger partial charge in [0.1, 0.15) is 0 Å². The molecule has 0 unspecified atom stereocenters. The maximum absolute atomic E-state index is 10.1. The van der Waals surface area contributed by atoms with E-state index in [0.29, 0.717) is 0 Å². The van der Waals surface area contributed by atoms with E-state index in [4.69, 9.17) is 0 Å². The molecule has 1 aromatic heterocycles. The number of halogens is 1. The fourth-order valence-electron chi connectivity index (χ4n) is 2.73. The molecule has 1 aliphatic carbocycles. The summed E-state index contributed by atoms with van der Waals surface area (Å²) in [6.07, 6.45) is 5.78. The number of fused-ring (bicyclic) bond motifs is 1. The van der Waals surface area contributed by atoms with Crippen LogP contribution in [0.1, 0.15) is 25.7 Å². The van der Waals surface area contributed by atoms with Gasteiger partial charge in [-0.25, -0.2) is 0 Å². The largest absolute Gasteiger partial charge is 0.391 e. The number of aliphatic hydroxyl groups excluding tert-OH is 1. The number of benzene rings is 1. The zero-order chi connectivity index (χ0) is 13.2. The second kappa shape index (κ2) is 5.47. The number of pyridine rings is 1. The van der Waals surface area contributed by atoms with Crippen LogP contribution in [0.2, 0.25) is 0 Å². The first-order chi connectivity index (χ1) is 9.24. The summed E-state index contributed by atoms with van der Waals surface area (Å²) >= 11 is 3.44. The lowest BCUT2D eigenvalue weighted by molar-refractivity contribution is 0.116. The van der Waals surface area contributed by atoms with Gasteiger partial charge in [-0.05, 0) is 40.9 Å². The van der Waals surface area contributed by atoms with Gasteiger partial charge in [0.05, 0.1) is 23.3 Å². The molecule has 0 radical (unpaired) electrons. The van der Waals surface area contributed by atoms with Gasteiger partial charge in [-0.1, -0.05) is 25.0 Å². The maximum atomic E-state index is 10.1. The lowest BCUT2D eigenvalue weighted by Gasteiger charge is -2.29. The van der Waals surface area contributed by atoms with Gasteiger partial charge in [-0.2, -0.15) is 0 Å². The van der Waals surface area contributed by atoms with Crippen molar-refractivity contribution in [3.05, 3.63) is 34.9 Å². The average Bonchev–Trinajstić information content (AvgIpc) is 2.41. The van der Waals surface area contributed by atoms with Gasteiger partial charge in [0.2, 0.25) is 0 Å². The Hall–Kier alpha value is -1.13. The van der Waals surface area contributed by atoms with Crippen LogP contribution in [0.5, 0.6) is 0 Å². The Balaban J connectivity index is 1.92. The van der Waals surface area contributed by atoms with Crippen LogP contribution in [-0.2, 0) is 0 Å². The molecule has 1 aliphatic rings. The molecule has 1 saturated carbocycles. The minimum atomic E-state index is -0.251. The number of hydrogen-bond donors (Lipinski definition) is 2. The zero-order valence-corrected chi connectivity index (χ0v) is 12.2. The Labute approximate surface area is 121 Å². The van der Waals surface area contributed by atoms with E-state index in [1.807, 2.05) is 18.3 Å². The number of anilines is 1. The van der Waals surface area contributed by atoms with Crippen LogP contribution in [0.3, 0.4) is 0 Å². The second-order valence-corrected chi connectivity index (χ2v) is 6.05. The second-order valence-electron chi connectivity index (χ2n) is 5.13. The molecule has 100 valence electrons. The number of rotatable bonds is 2. The molecule has 1 aromatic carbocycles. The summed E-state index contributed by atoms with van der Waals surface area (Å²) < 4.78 is 0.981. The molecule has 2 N–H and O–H groups in total. The summed E-state index contributed by atoms with van der Waals surface area (Å²) in [5.74, 6) is 0. The molecule has 0 saturated heterocycles. The van der Waals surface area contributed by atoms with Crippen LogP contribution in [0.4, 0.5) is 5.69 Å². The number of nitrogens with one attached hydrogen (secondary N) is 1. The van der Waals surface area contributed by atoms with Crippen molar-refractivity contribution in [3.8, 4) is 0 Å². The molecule has 3 nitrogen and oxygen atoms in total. The normalized spacial score (nSPS) is 23.5. The topological polar surface area (TPSA) is 45.1 Å². The third kappa shape index (κ3) is 2.74. The fourth-order valence-corrected chi connectivity index (χ4v) is 3.08. The third-order valence-corrected chi connectivity index (χ3v) is 4.18. The number of para-hydroxylation sites is 1. The smallest absolute Gasteiger partial charge is 0.0934 e. The molecule has 2 atom stereocenters. The monoisotopic (exact) mass is 320 g/mol. The molecular weight excluding hydrogens is 304 g/mol. The molecule has 2 aromatic rings. The fraction of sp³-hybridized carbons (Fsp3) is 0.400. The van der Waals surface area contributed by atoms with E-state index in [9.17, 15) is 5.11 Å². The van der Waals surface area contributed by atoms with Gasteiger partial charge in [0.25, 0.3) is 0 Å². The van der Waals surface area contributed by atoms with Crippen LogP contribution >= 0.6 is 15.9 Å². The minimum Gasteiger partial charge on any atom is -0.391 e. The highest BCUT2D eigenvalue weighted by atomic mass is 79.9. The highest BCUT2D eigenvalue weighted by Gasteiger charge is 2.23. The van der Waals surface area contributed by atoms with Gasteiger partial charge in [-0.3, -0.25) is 4.98 Å². The molecule has 1 heterocycles. The summed E-state index contributed by atoms with van der Waals surface area (Å²) in [6.45, 7) is 0. The first kappa shape index (κ1) is 12.9. The van der Waals surface area contributed by atoms with Crippen molar-refractivity contribution < 1.29 is 5.11 Å². The van der Waals surface area contributed by atoms with Crippen LogP contribution in [0.25, 0.3) is 10.9 Å². The van der Waals surface area contributed by atoms with Crippen molar-refractivity contribution in [2.24, 2.45) is 0 Å². The molecular formula is C15H17BrN2O. The molecule has 0 bridgehead atoms. The summed E-state index contributed by atoms with van der Waals surface area (Å²) in [4.78, 5) is 4.48. The quantitative estimate of drug-likeness (QED) is 0.886. The van der Waals surface area contributed by atoms with E-state index in [1.165, 1.54) is 6.42 Å². The predicted octanol–water partition coefficient (Wildman–Crippen LogP) is 3.71. The molecule has 0 aliphatic heterocycles. The molecule has 3 rings (SSSR count). The van der Waals surface area contributed by atoms with Gasteiger partial charge in [0, 0.05) is 16.1 Å². The van der Waals surface area contributed by atoms with E-state index >= 15 is 0 Å². The summed E-state index contributed by atoms with van der Waals surface area (Å²) in [7, 11) is 0. The standard InChI is InChI=1S/C15H17BrN2O/c16-11-8-10-4-3-6-13(15(10)17-9-11)18-12-5-1-2-7-14(12)19/h3-4,6,8-9,12,14,18-19H,1-2,5,7H2/t12-,14-/m1/s1. The average molecular weight is 321 g/mol. The van der Waals surface area contributed by atoms with Crippen molar-refractivity contribution >= 4 is 32.5 Å². The van der Waals surface area contributed by atoms with Crippen LogP contribution < -0.4 is 5.32 Å². The number of hydrogen-bond acceptors (Lipinski definition) is 3. The minimum absolute atomic E-state index is 0.143. The lowest BCUT2D eigenvalue weighted by atomic mass is 9.92.